The van der Waals surface area contributed by atoms with Crippen molar-refractivity contribution in [2.45, 2.75) is 45.3 Å². The molecule has 0 radical (unpaired) electrons. The standard InChI is InChI=1S/C19H27N3O3S.K/c1-13(2)22-18(25)15(16(23)14-7-12-26-19(14)22)17(24)20-8-6-11-21-9-4-3-5-10-21;/h7,12-13,23H,3-6,8-11H2,1-2H3,(H,20,24);/q;+1/p-1/i1D3,3D2,4D2,5D2,7D,8D,9D2,10D2,11D,12D,13D;/hD. The number of thiophene rings is 1. The molecule has 3 unspecified atom stereocenters. The Morgan fingerprint density at radius 3 is 3.04 bits per heavy atom. The zero-order valence-corrected chi connectivity index (χ0v) is 18.3. The minimum Gasteiger partial charge on any atom is -0.871 e. The fraction of sp³-hybridized carbons (Fsp3) is 0.579. The van der Waals surface area contributed by atoms with Crippen LogP contribution in [0.4, 0.5) is 0 Å². The number of carbonyl (C=O) groups is 1. The maximum absolute atomic E-state index is 13.5. The average Bonchev–Trinajstić information content (AvgIpc) is 3.14. The normalized spacial score (nSPS) is 39.7. The van der Waals surface area contributed by atoms with E-state index in [-0.39, 0.29) is 66.2 Å². The molecule has 2 aromatic rings. The van der Waals surface area contributed by atoms with Crippen molar-refractivity contribution in [1.82, 2.24) is 14.8 Å². The summed E-state index contributed by atoms with van der Waals surface area (Å²) in [5, 5.41) is 11.4. The smallest absolute Gasteiger partial charge is 0.871 e. The Morgan fingerprint density at radius 2 is 2.33 bits per heavy atom. The minimum atomic E-state index is -3.79. The van der Waals surface area contributed by atoms with E-state index in [0.717, 1.165) is 6.92 Å². The van der Waals surface area contributed by atoms with Crippen LogP contribution < -0.4 is 67.4 Å². The van der Waals surface area contributed by atoms with Crippen LogP contribution in [0.5, 0.6) is 5.75 Å². The number of amides is 1. The SMILES string of the molecule is [2H]c1sc2c(c1[2H])c([O-])c(C(=O)N([2H])C([2H])CC([2H])N1C([2H])([2H])C([2H])([2H])C([2H])([2H])C([2H])([2H])C1([2H])[2H])c(=O)n2C([2H])(C)C([2H])([2H])[2H].[K+]. The zero-order valence-electron chi connectivity index (χ0n) is 33.3. The van der Waals surface area contributed by atoms with Crippen molar-refractivity contribution in [2.75, 3.05) is 26.0 Å². The van der Waals surface area contributed by atoms with E-state index in [0.29, 0.717) is 11.3 Å². The number of fused-ring (bicyclic) bond motifs is 1. The maximum Gasteiger partial charge on any atom is 1.00 e. The molecule has 1 fully saturated rings. The van der Waals surface area contributed by atoms with E-state index in [9.17, 15) is 14.7 Å². The molecule has 1 aliphatic heterocycles. The van der Waals surface area contributed by atoms with E-state index in [2.05, 4.69) is 0 Å². The summed E-state index contributed by atoms with van der Waals surface area (Å²) in [6.07, 6.45) is -12.7. The summed E-state index contributed by atoms with van der Waals surface area (Å²) in [4.78, 5) is 25.9. The number of likely N-dealkylation sites (tertiary alicyclic amines) is 1. The van der Waals surface area contributed by atoms with Gasteiger partial charge in [0.25, 0.3) is 11.5 Å². The van der Waals surface area contributed by atoms with Crippen LogP contribution in [0.25, 0.3) is 10.2 Å². The number of carbonyl (C=O) groups excluding carboxylic acids is 1. The molecule has 8 heteroatoms. The largest absolute Gasteiger partial charge is 1.00 e. The van der Waals surface area contributed by atoms with Gasteiger partial charge in [0, 0.05) is 38.5 Å². The molecule has 0 saturated carbocycles. The van der Waals surface area contributed by atoms with Crippen LogP contribution >= 0.6 is 11.3 Å². The fourth-order valence-corrected chi connectivity index (χ4v) is 2.95. The van der Waals surface area contributed by atoms with E-state index >= 15 is 0 Å². The molecule has 27 heavy (non-hydrogen) atoms. The van der Waals surface area contributed by atoms with Gasteiger partial charge in [-0.05, 0) is 63.9 Å². The van der Waals surface area contributed by atoms with Gasteiger partial charge in [-0.25, -0.2) is 0 Å². The Labute approximate surface area is 233 Å². The Kier molecular flexibility index (Phi) is 3.17. The predicted molar refractivity (Wildman–Crippen MR) is 103 cm³/mol. The summed E-state index contributed by atoms with van der Waals surface area (Å²) in [6, 6.07) is -3.71. The number of hydrogen-bond acceptors (Lipinski definition) is 5. The molecule has 1 N–H and O–H groups in total. The van der Waals surface area contributed by atoms with E-state index in [4.69, 9.17) is 26.1 Å². The van der Waals surface area contributed by atoms with Gasteiger partial charge in [0.15, 0.2) is 1.41 Å². The number of piperidine rings is 1. The number of aromatic nitrogens is 1. The van der Waals surface area contributed by atoms with Crippen LogP contribution in [0.2, 0.25) is 1.41 Å². The molecule has 0 bridgehead atoms. The van der Waals surface area contributed by atoms with Crippen molar-refractivity contribution in [3.63, 3.8) is 0 Å². The number of rotatable bonds is 6. The van der Waals surface area contributed by atoms with E-state index in [1.807, 2.05) is 0 Å². The molecule has 142 valence electrons. The molecule has 1 amide bonds. The molecule has 1 aliphatic rings. The molecule has 2 aromatic heterocycles. The van der Waals surface area contributed by atoms with Crippen molar-refractivity contribution in [1.29, 1.82) is 0 Å². The molecule has 0 aliphatic carbocycles. The van der Waals surface area contributed by atoms with Gasteiger partial charge in [0.1, 0.15) is 4.83 Å². The van der Waals surface area contributed by atoms with Gasteiger partial charge in [-0.2, -0.15) is 0 Å². The second-order valence-corrected chi connectivity index (χ2v) is 5.74. The Balaban J connectivity index is 0.00000736. The van der Waals surface area contributed by atoms with Gasteiger partial charge in [-0.3, -0.25) is 14.2 Å². The Hall–Kier alpha value is -0.224. The summed E-state index contributed by atoms with van der Waals surface area (Å²) in [5.41, 5.74) is -3.22. The van der Waals surface area contributed by atoms with Crippen molar-refractivity contribution >= 4 is 27.5 Å². The van der Waals surface area contributed by atoms with E-state index in [1.165, 1.54) is 0 Å². The van der Waals surface area contributed by atoms with Gasteiger partial charge in [-0.15, -0.1) is 11.3 Å². The first-order valence-electron chi connectivity index (χ1n) is 16.8. The van der Waals surface area contributed by atoms with Crippen LogP contribution in [0.1, 0.15) is 80.4 Å². The third-order valence-electron chi connectivity index (χ3n) is 3.24. The van der Waals surface area contributed by atoms with Crippen LogP contribution in [0, 0.1) is 0 Å². The summed E-state index contributed by atoms with van der Waals surface area (Å²) in [5.74, 6) is -3.44. The molecule has 3 atom stereocenters. The Bertz CT molecular complexity index is 1560. The van der Waals surface area contributed by atoms with E-state index < -0.39 is 109 Å². The molecule has 0 spiro atoms. The van der Waals surface area contributed by atoms with Crippen LogP contribution in [-0.4, -0.2) is 41.4 Å². The van der Waals surface area contributed by atoms with Gasteiger partial charge in [0.05, 0.1) is 9.68 Å². The first kappa shape index (κ1) is 8.13. The fourth-order valence-electron chi connectivity index (χ4n) is 2.14. The van der Waals surface area contributed by atoms with Gasteiger partial charge in [-0.1, -0.05) is 12.1 Å². The number of hydrogen-bond donors (Lipinski definition) is 1. The molecular weight excluding hydrogens is 389 g/mol. The number of pyridine rings is 1. The first-order chi connectivity index (χ1) is 19.9. The zero-order chi connectivity index (χ0) is 35.4. The summed E-state index contributed by atoms with van der Waals surface area (Å²) < 4.78 is 152. The molecule has 3 rings (SSSR count). The number of nitrogens with one attached hydrogen (secondary N) is 1. The first-order valence-corrected chi connectivity index (χ1v) is 8.01. The molecule has 0 aromatic carbocycles. The minimum absolute atomic E-state index is 0. The second kappa shape index (κ2) is 10.5. The van der Waals surface area contributed by atoms with Crippen LogP contribution in [0.15, 0.2) is 16.2 Å². The Morgan fingerprint density at radius 1 is 1.59 bits per heavy atom. The predicted octanol–water partition coefficient (Wildman–Crippen LogP) is -0.673. The summed E-state index contributed by atoms with van der Waals surface area (Å²) >= 11 is 0.309. The molecule has 1 saturated heterocycles. The van der Waals surface area contributed by atoms with Crippen molar-refractivity contribution in [3.05, 3.63) is 27.3 Å². The molecule has 3 heterocycles. The number of nitrogens with zero attached hydrogens (tertiary/aromatic N) is 2. The van der Waals surface area contributed by atoms with Gasteiger partial charge in [0.2, 0.25) is 0 Å². The van der Waals surface area contributed by atoms with Crippen LogP contribution in [0.3, 0.4) is 0 Å². The van der Waals surface area contributed by atoms with Crippen molar-refractivity contribution < 1.29 is 87.4 Å². The molecule has 6 nitrogen and oxygen atoms in total. The average molecular weight is 435 g/mol. The summed E-state index contributed by atoms with van der Waals surface area (Å²) in [6.45, 7) is -14.9. The van der Waals surface area contributed by atoms with Gasteiger partial charge >= 0.3 is 51.4 Å². The van der Waals surface area contributed by atoms with Crippen LogP contribution in [-0.2, 0) is 0 Å². The van der Waals surface area contributed by atoms with Crippen molar-refractivity contribution in [3.8, 4) is 5.75 Å². The third kappa shape index (κ3) is 5.23. The topological polar surface area (TPSA) is 77.4 Å². The maximum atomic E-state index is 13.5. The monoisotopic (exact) mass is 434 g/mol. The third-order valence-corrected chi connectivity index (χ3v) is 4.02. The molecular formula is C19H26KN3O3S. The second-order valence-electron chi connectivity index (χ2n) is 4.94. The quantitative estimate of drug-likeness (QED) is 0.612. The summed E-state index contributed by atoms with van der Waals surface area (Å²) in [7, 11) is 0. The van der Waals surface area contributed by atoms with Gasteiger partial charge < -0.3 is 15.3 Å². The van der Waals surface area contributed by atoms with E-state index in [1.54, 1.807) is 0 Å². The van der Waals surface area contributed by atoms with Crippen molar-refractivity contribution in [2.24, 2.45) is 0 Å².